The van der Waals surface area contributed by atoms with Crippen molar-refractivity contribution in [1.82, 2.24) is 0 Å². The summed E-state index contributed by atoms with van der Waals surface area (Å²) in [6.07, 6.45) is 0. The highest BCUT2D eigenvalue weighted by molar-refractivity contribution is 7.12. The highest BCUT2D eigenvalue weighted by atomic mass is 32.1. The van der Waals surface area contributed by atoms with Gasteiger partial charge in [-0.15, -0.1) is 11.3 Å². The first kappa shape index (κ1) is 13.6. The largest absolute Gasteiger partial charge is 0.497 e. The van der Waals surface area contributed by atoms with Gasteiger partial charge in [0.15, 0.2) is 6.61 Å². The van der Waals surface area contributed by atoms with Gasteiger partial charge in [-0.3, -0.25) is 4.79 Å². The average Bonchev–Trinajstić information content (AvgIpc) is 2.75. The molecule has 0 atom stereocenters. The zero-order valence-electron chi connectivity index (χ0n) is 11.2. The SMILES string of the molecule is COc1cccc(OCC(=O)c2cc(C)sc2C)c1. The first-order valence-corrected chi connectivity index (χ1v) is 6.79. The molecule has 0 amide bonds. The van der Waals surface area contributed by atoms with Crippen molar-refractivity contribution in [3.05, 3.63) is 45.6 Å². The Balaban J connectivity index is 2.02. The minimum atomic E-state index is 0.00432. The number of thiophene rings is 1. The maximum absolute atomic E-state index is 12.1. The first-order valence-electron chi connectivity index (χ1n) is 5.97. The molecule has 0 fully saturated rings. The molecular weight excluding hydrogens is 260 g/mol. The molecule has 0 saturated carbocycles. The minimum Gasteiger partial charge on any atom is -0.497 e. The quantitative estimate of drug-likeness (QED) is 0.782. The van der Waals surface area contributed by atoms with Crippen LogP contribution in [0.15, 0.2) is 30.3 Å². The van der Waals surface area contributed by atoms with Crippen molar-refractivity contribution in [2.75, 3.05) is 13.7 Å². The van der Waals surface area contributed by atoms with Gasteiger partial charge in [-0.05, 0) is 32.0 Å². The molecule has 100 valence electrons. The Morgan fingerprint density at radius 3 is 2.58 bits per heavy atom. The van der Waals surface area contributed by atoms with Gasteiger partial charge in [0.2, 0.25) is 5.78 Å². The predicted molar refractivity (Wildman–Crippen MR) is 76.6 cm³/mol. The van der Waals surface area contributed by atoms with Gasteiger partial charge < -0.3 is 9.47 Å². The van der Waals surface area contributed by atoms with Crippen LogP contribution in [0.1, 0.15) is 20.1 Å². The summed E-state index contributed by atoms with van der Waals surface area (Å²) in [6, 6.07) is 9.15. The molecule has 1 heterocycles. The van der Waals surface area contributed by atoms with Crippen molar-refractivity contribution in [2.45, 2.75) is 13.8 Å². The molecule has 19 heavy (non-hydrogen) atoms. The third-order valence-corrected chi connectivity index (χ3v) is 3.72. The Hall–Kier alpha value is -1.81. The third kappa shape index (κ3) is 3.35. The summed E-state index contributed by atoms with van der Waals surface area (Å²) in [6.45, 7) is 4.00. The van der Waals surface area contributed by atoms with Crippen LogP contribution >= 0.6 is 11.3 Å². The van der Waals surface area contributed by atoms with E-state index >= 15 is 0 Å². The number of methoxy groups -OCH3 is 1. The van der Waals surface area contributed by atoms with Crippen molar-refractivity contribution >= 4 is 17.1 Å². The lowest BCUT2D eigenvalue weighted by molar-refractivity contribution is 0.0921. The maximum atomic E-state index is 12.1. The second kappa shape index (κ2) is 5.89. The number of ketones is 1. The van der Waals surface area contributed by atoms with Crippen LogP contribution in [0.25, 0.3) is 0 Å². The van der Waals surface area contributed by atoms with E-state index in [1.807, 2.05) is 38.1 Å². The molecule has 0 spiro atoms. The Morgan fingerprint density at radius 2 is 1.95 bits per heavy atom. The van der Waals surface area contributed by atoms with E-state index < -0.39 is 0 Å². The molecule has 3 nitrogen and oxygen atoms in total. The fourth-order valence-corrected chi connectivity index (χ4v) is 2.77. The third-order valence-electron chi connectivity index (χ3n) is 2.75. The van der Waals surface area contributed by atoms with E-state index in [0.717, 1.165) is 15.3 Å². The van der Waals surface area contributed by atoms with Gasteiger partial charge in [0.1, 0.15) is 11.5 Å². The monoisotopic (exact) mass is 276 g/mol. The second-order valence-electron chi connectivity index (χ2n) is 4.22. The van der Waals surface area contributed by atoms with Crippen LogP contribution in [0.3, 0.4) is 0 Å². The Labute approximate surface area is 116 Å². The number of carbonyl (C=O) groups excluding carboxylic acids is 1. The summed E-state index contributed by atoms with van der Waals surface area (Å²) >= 11 is 1.63. The van der Waals surface area contributed by atoms with Crippen molar-refractivity contribution in [1.29, 1.82) is 0 Å². The number of aryl methyl sites for hydroxylation is 2. The van der Waals surface area contributed by atoms with Crippen molar-refractivity contribution < 1.29 is 14.3 Å². The fraction of sp³-hybridized carbons (Fsp3) is 0.267. The first-order chi connectivity index (χ1) is 9.10. The molecule has 0 aliphatic heterocycles. The van der Waals surface area contributed by atoms with Gasteiger partial charge in [-0.2, -0.15) is 0 Å². The molecule has 0 aliphatic rings. The lowest BCUT2D eigenvalue weighted by Crippen LogP contribution is -2.11. The molecule has 2 rings (SSSR count). The molecule has 0 radical (unpaired) electrons. The molecule has 1 aromatic carbocycles. The highest BCUT2D eigenvalue weighted by Gasteiger charge is 2.12. The van der Waals surface area contributed by atoms with E-state index in [9.17, 15) is 4.79 Å². The number of hydrogen-bond acceptors (Lipinski definition) is 4. The molecule has 0 aliphatic carbocycles. The molecule has 0 bridgehead atoms. The maximum Gasteiger partial charge on any atom is 0.201 e. The van der Waals surface area contributed by atoms with Crippen LogP contribution in [0.2, 0.25) is 0 Å². The van der Waals surface area contributed by atoms with E-state index in [0.29, 0.717) is 11.5 Å². The van der Waals surface area contributed by atoms with Crippen LogP contribution in [0.5, 0.6) is 11.5 Å². The summed E-state index contributed by atoms with van der Waals surface area (Å²) in [5, 5.41) is 0. The van der Waals surface area contributed by atoms with Gasteiger partial charge >= 0.3 is 0 Å². The molecule has 0 saturated heterocycles. The number of hydrogen-bond donors (Lipinski definition) is 0. The lowest BCUT2D eigenvalue weighted by atomic mass is 10.2. The predicted octanol–water partition coefficient (Wildman–Crippen LogP) is 3.64. The Morgan fingerprint density at radius 1 is 1.21 bits per heavy atom. The van der Waals surface area contributed by atoms with E-state index in [1.165, 1.54) is 0 Å². The highest BCUT2D eigenvalue weighted by Crippen LogP contribution is 2.22. The molecule has 0 N–H and O–H groups in total. The summed E-state index contributed by atoms with van der Waals surface area (Å²) in [7, 11) is 1.60. The summed E-state index contributed by atoms with van der Waals surface area (Å²) in [5.74, 6) is 1.36. The smallest absolute Gasteiger partial charge is 0.201 e. The molecule has 2 aromatic rings. The number of carbonyl (C=O) groups is 1. The van der Waals surface area contributed by atoms with E-state index in [2.05, 4.69) is 0 Å². The van der Waals surface area contributed by atoms with Gasteiger partial charge in [0, 0.05) is 21.4 Å². The van der Waals surface area contributed by atoms with E-state index in [1.54, 1.807) is 24.5 Å². The summed E-state index contributed by atoms with van der Waals surface area (Å²) < 4.78 is 10.6. The van der Waals surface area contributed by atoms with Gasteiger partial charge in [0.05, 0.1) is 7.11 Å². The van der Waals surface area contributed by atoms with Crippen LogP contribution in [0, 0.1) is 13.8 Å². The van der Waals surface area contributed by atoms with Crippen LogP contribution in [-0.2, 0) is 0 Å². The standard InChI is InChI=1S/C15H16O3S/c1-10-7-14(11(2)19-10)15(16)9-18-13-6-4-5-12(8-13)17-3/h4-8H,9H2,1-3H3. The van der Waals surface area contributed by atoms with Gasteiger partial charge in [-0.1, -0.05) is 6.07 Å². The lowest BCUT2D eigenvalue weighted by Gasteiger charge is -2.06. The fourth-order valence-electron chi connectivity index (χ4n) is 1.83. The van der Waals surface area contributed by atoms with Gasteiger partial charge in [0.25, 0.3) is 0 Å². The summed E-state index contributed by atoms with van der Waals surface area (Å²) in [5.41, 5.74) is 0.755. The van der Waals surface area contributed by atoms with Gasteiger partial charge in [-0.25, -0.2) is 0 Å². The molecule has 0 unspecified atom stereocenters. The van der Waals surface area contributed by atoms with Crippen LogP contribution in [-0.4, -0.2) is 19.5 Å². The van der Waals surface area contributed by atoms with Crippen LogP contribution in [0.4, 0.5) is 0 Å². The van der Waals surface area contributed by atoms with Crippen molar-refractivity contribution in [2.24, 2.45) is 0 Å². The molecule has 4 heteroatoms. The average molecular weight is 276 g/mol. The summed E-state index contributed by atoms with van der Waals surface area (Å²) in [4.78, 5) is 14.2. The number of ether oxygens (including phenoxy) is 2. The molecular formula is C15H16O3S. The zero-order valence-corrected chi connectivity index (χ0v) is 12.0. The van der Waals surface area contributed by atoms with Crippen LogP contribution < -0.4 is 9.47 Å². The van der Waals surface area contributed by atoms with E-state index in [-0.39, 0.29) is 12.4 Å². The number of rotatable bonds is 5. The van der Waals surface area contributed by atoms with Crippen molar-refractivity contribution in [3.8, 4) is 11.5 Å². The Kier molecular flexibility index (Phi) is 4.22. The zero-order chi connectivity index (χ0) is 13.8. The number of benzene rings is 1. The topological polar surface area (TPSA) is 35.5 Å². The number of Topliss-reactive ketones (excluding diaryl/α,β-unsaturated/α-hetero) is 1. The van der Waals surface area contributed by atoms with Crippen molar-refractivity contribution in [3.63, 3.8) is 0 Å². The Bertz CT molecular complexity index is 587. The molecule has 1 aromatic heterocycles. The minimum absolute atomic E-state index is 0.00432. The normalized spacial score (nSPS) is 10.3. The van der Waals surface area contributed by atoms with E-state index in [4.69, 9.17) is 9.47 Å². The second-order valence-corrected chi connectivity index (χ2v) is 5.68.